The first-order valence-corrected chi connectivity index (χ1v) is 35.7. The molecule has 0 saturated carbocycles. The van der Waals surface area contributed by atoms with E-state index >= 15 is 0 Å². The van der Waals surface area contributed by atoms with E-state index in [-0.39, 0.29) is 0 Å². The standard InChI is InChI=1S/C55H36N4.C43H28N4/c1-3-11-37(12-4-1)39-19-25-43(26-20-39)53-56-54(44-27-21-40(22-28-44)38-13-5-2-6-14-38)58-55(57-53)45-29-23-41(24-30-45)42-31-33-48(34-32-42)59-51-18-10-9-17-49(51)50-35-46-15-7-8-16-47(46)36-52(50)59;1-3-11-31(12-4-1)41-44-42(32-13-5-2-6-14-32)46-43(45-41)33-21-19-29(20-22-33)30-23-25-36(26-24-30)47-39-18-10-9-17-37(39)38-27-34-15-7-8-16-35(34)28-40(38)47/h1-36H;1-28H. The molecule has 20 rings (SSSR count). The van der Waals surface area contributed by atoms with E-state index in [9.17, 15) is 0 Å². The Hall–Kier alpha value is -14.3. The van der Waals surface area contributed by atoms with Crippen LogP contribution in [-0.4, -0.2) is 39.0 Å². The van der Waals surface area contributed by atoms with Crippen molar-refractivity contribution in [1.29, 1.82) is 0 Å². The molecule has 4 aromatic heterocycles. The van der Waals surface area contributed by atoms with E-state index < -0.39 is 0 Å². The van der Waals surface area contributed by atoms with Crippen molar-refractivity contribution >= 4 is 65.2 Å². The molecule has 0 aliphatic carbocycles. The van der Waals surface area contributed by atoms with Crippen LogP contribution in [-0.2, 0) is 0 Å². The van der Waals surface area contributed by atoms with Crippen LogP contribution in [0, 0.1) is 0 Å². The van der Waals surface area contributed by atoms with Gasteiger partial charge in [-0.15, -0.1) is 0 Å². The van der Waals surface area contributed by atoms with E-state index in [1.807, 2.05) is 72.8 Å². The molecule has 106 heavy (non-hydrogen) atoms. The van der Waals surface area contributed by atoms with E-state index in [1.54, 1.807) is 0 Å². The van der Waals surface area contributed by atoms with Crippen LogP contribution in [0.25, 0.3) is 189 Å². The highest BCUT2D eigenvalue weighted by atomic mass is 15.0. The van der Waals surface area contributed by atoms with E-state index in [1.165, 1.54) is 76.3 Å². The van der Waals surface area contributed by atoms with Crippen LogP contribution in [0.2, 0.25) is 0 Å². The van der Waals surface area contributed by atoms with Crippen molar-refractivity contribution in [2.24, 2.45) is 0 Å². The summed E-state index contributed by atoms with van der Waals surface area (Å²) in [5.74, 6) is 3.87. The fourth-order valence-corrected chi connectivity index (χ4v) is 14.7. The van der Waals surface area contributed by atoms with Crippen molar-refractivity contribution in [2.45, 2.75) is 0 Å². The van der Waals surface area contributed by atoms with Crippen LogP contribution in [0.4, 0.5) is 0 Å². The Balaban J connectivity index is 0.000000149. The molecule has 20 aromatic rings. The first-order chi connectivity index (χ1) is 52.5. The summed E-state index contributed by atoms with van der Waals surface area (Å²) in [6.07, 6.45) is 0. The monoisotopic (exact) mass is 1350 g/mol. The van der Waals surface area contributed by atoms with E-state index in [0.29, 0.717) is 34.9 Å². The highest BCUT2D eigenvalue weighted by Crippen LogP contribution is 2.39. The molecular formula is C98H64N8. The van der Waals surface area contributed by atoms with Gasteiger partial charge in [-0.1, -0.05) is 328 Å². The molecule has 8 nitrogen and oxygen atoms in total. The van der Waals surface area contributed by atoms with Gasteiger partial charge in [0.2, 0.25) is 0 Å². The van der Waals surface area contributed by atoms with Crippen LogP contribution in [0.15, 0.2) is 388 Å². The van der Waals surface area contributed by atoms with Crippen molar-refractivity contribution in [3.05, 3.63) is 388 Å². The van der Waals surface area contributed by atoms with E-state index in [2.05, 4.69) is 325 Å². The van der Waals surface area contributed by atoms with Gasteiger partial charge in [-0.05, 0) is 127 Å². The van der Waals surface area contributed by atoms with Crippen LogP contribution in [0.5, 0.6) is 0 Å². The lowest BCUT2D eigenvalue weighted by Gasteiger charge is -2.11. The van der Waals surface area contributed by atoms with Crippen molar-refractivity contribution in [1.82, 2.24) is 39.0 Å². The molecule has 0 N–H and O–H groups in total. The van der Waals surface area contributed by atoms with Gasteiger partial charge in [0, 0.05) is 66.3 Å². The second-order valence-electron chi connectivity index (χ2n) is 26.6. The number of nitrogens with zero attached hydrogens (tertiary/aromatic N) is 8. The summed E-state index contributed by atoms with van der Waals surface area (Å²) in [6.45, 7) is 0. The van der Waals surface area contributed by atoms with Gasteiger partial charge in [0.05, 0.1) is 22.1 Å². The molecule has 0 atom stereocenters. The third kappa shape index (κ3) is 12.1. The highest BCUT2D eigenvalue weighted by molar-refractivity contribution is 6.15. The fourth-order valence-electron chi connectivity index (χ4n) is 14.7. The summed E-state index contributed by atoms with van der Waals surface area (Å²) in [5, 5.41) is 10.0. The molecule has 0 saturated heterocycles. The number of fused-ring (bicyclic) bond motifs is 8. The Kier molecular flexibility index (Phi) is 16.1. The molecule has 0 bridgehead atoms. The maximum absolute atomic E-state index is 5.05. The number of aromatic nitrogens is 8. The third-order valence-electron chi connectivity index (χ3n) is 20.1. The number of hydrogen-bond acceptors (Lipinski definition) is 6. The molecule has 0 radical (unpaired) electrons. The normalized spacial score (nSPS) is 11.4. The molecule has 0 amide bonds. The lowest BCUT2D eigenvalue weighted by Crippen LogP contribution is -2.00. The van der Waals surface area contributed by atoms with Crippen LogP contribution >= 0.6 is 0 Å². The van der Waals surface area contributed by atoms with Crippen LogP contribution < -0.4 is 0 Å². The van der Waals surface area contributed by atoms with Crippen LogP contribution in [0.3, 0.4) is 0 Å². The van der Waals surface area contributed by atoms with E-state index in [4.69, 9.17) is 29.9 Å². The fraction of sp³-hybridized carbons (Fsp3) is 0. The number of para-hydroxylation sites is 2. The first kappa shape index (κ1) is 62.6. The summed E-state index contributed by atoms with van der Waals surface area (Å²) in [7, 11) is 0. The number of benzene rings is 16. The number of rotatable bonds is 12. The second-order valence-corrected chi connectivity index (χ2v) is 26.6. The molecule has 16 aromatic carbocycles. The topological polar surface area (TPSA) is 87.2 Å². The van der Waals surface area contributed by atoms with Crippen molar-refractivity contribution in [3.8, 4) is 124 Å². The average Bonchev–Trinajstić information content (AvgIpc) is 1.59. The first-order valence-electron chi connectivity index (χ1n) is 35.7. The summed E-state index contributed by atoms with van der Waals surface area (Å²) in [5.41, 5.74) is 21.9. The number of hydrogen-bond donors (Lipinski definition) is 0. The minimum absolute atomic E-state index is 0.630. The van der Waals surface area contributed by atoms with Crippen molar-refractivity contribution in [3.63, 3.8) is 0 Å². The molecule has 0 fully saturated rings. The quantitative estimate of drug-likeness (QED) is 0.121. The second kappa shape index (κ2) is 27.2. The average molecular weight is 1350 g/mol. The van der Waals surface area contributed by atoms with Gasteiger partial charge in [-0.2, -0.15) is 0 Å². The lowest BCUT2D eigenvalue weighted by molar-refractivity contribution is 1.07. The minimum atomic E-state index is 0.630. The largest absolute Gasteiger partial charge is 0.309 e. The van der Waals surface area contributed by atoms with E-state index in [0.717, 1.165) is 78.1 Å². The van der Waals surface area contributed by atoms with Gasteiger partial charge in [0.15, 0.2) is 34.9 Å². The summed E-state index contributed by atoms with van der Waals surface area (Å²) >= 11 is 0. The smallest absolute Gasteiger partial charge is 0.164 e. The predicted octanol–water partition coefficient (Wildman–Crippen LogP) is 24.9. The van der Waals surface area contributed by atoms with Gasteiger partial charge in [-0.3, -0.25) is 0 Å². The maximum atomic E-state index is 5.05. The van der Waals surface area contributed by atoms with Gasteiger partial charge in [-0.25, -0.2) is 29.9 Å². The Morgan fingerprint density at radius 1 is 0.142 bits per heavy atom. The predicted molar refractivity (Wildman–Crippen MR) is 438 cm³/mol. The molecule has 0 aliphatic rings. The zero-order chi connectivity index (χ0) is 70.3. The zero-order valence-corrected chi connectivity index (χ0v) is 57.5. The molecular weight excluding hydrogens is 1290 g/mol. The van der Waals surface area contributed by atoms with Gasteiger partial charge in [0.1, 0.15) is 0 Å². The third-order valence-corrected chi connectivity index (χ3v) is 20.1. The lowest BCUT2D eigenvalue weighted by atomic mass is 10.0. The van der Waals surface area contributed by atoms with Crippen molar-refractivity contribution in [2.75, 3.05) is 0 Å². The molecule has 4 heterocycles. The minimum Gasteiger partial charge on any atom is -0.309 e. The summed E-state index contributed by atoms with van der Waals surface area (Å²) < 4.78 is 4.75. The van der Waals surface area contributed by atoms with Gasteiger partial charge >= 0.3 is 0 Å². The molecule has 8 heteroatoms. The molecule has 0 spiro atoms. The maximum Gasteiger partial charge on any atom is 0.164 e. The summed E-state index contributed by atoms with van der Waals surface area (Å²) in [4.78, 5) is 29.7. The molecule has 496 valence electrons. The Morgan fingerprint density at radius 3 is 0.623 bits per heavy atom. The van der Waals surface area contributed by atoms with Crippen molar-refractivity contribution < 1.29 is 0 Å². The van der Waals surface area contributed by atoms with Gasteiger partial charge in [0.25, 0.3) is 0 Å². The molecule has 0 aliphatic heterocycles. The Morgan fingerprint density at radius 2 is 0.340 bits per heavy atom. The van der Waals surface area contributed by atoms with Crippen LogP contribution in [0.1, 0.15) is 0 Å². The Bertz CT molecular complexity index is 6440. The van der Waals surface area contributed by atoms with Gasteiger partial charge < -0.3 is 9.13 Å². The zero-order valence-electron chi connectivity index (χ0n) is 57.5. The summed E-state index contributed by atoms with van der Waals surface area (Å²) in [6, 6.07) is 136. The molecule has 0 unspecified atom stereocenters. The highest BCUT2D eigenvalue weighted by Gasteiger charge is 2.19. The SMILES string of the molecule is c1ccc(-c2ccc(-c3nc(-c4ccc(-c5ccccc5)cc4)nc(-c4ccc(-c5ccc(-n6c7ccccc7c7cc8ccccc8cc76)cc5)cc4)n3)cc2)cc1.c1ccc(-c2nc(-c3ccccc3)nc(-c3ccc(-c4ccc(-n5c6ccccc6c6cc7ccccc7cc65)cc4)cc3)n2)cc1. The Labute approximate surface area is 612 Å².